The molecule has 0 heterocycles. The van der Waals surface area contributed by atoms with Gasteiger partial charge in [-0.1, -0.05) is 13.8 Å². The molecule has 1 rings (SSSR count). The van der Waals surface area contributed by atoms with Gasteiger partial charge < -0.3 is 14.8 Å². The predicted octanol–water partition coefficient (Wildman–Crippen LogP) is 2.59. The predicted molar refractivity (Wildman–Crippen MR) is 66.1 cm³/mol. The number of hydrogen-bond acceptors (Lipinski definition) is 3. The molecule has 0 spiro atoms. The van der Waals surface area contributed by atoms with Gasteiger partial charge in [0.1, 0.15) is 11.5 Å². The molecule has 0 unspecified atom stereocenters. The summed E-state index contributed by atoms with van der Waals surface area (Å²) in [6.07, 6.45) is 0. The molecule has 0 saturated carbocycles. The number of hydrogen-bond donors (Lipinski definition) is 1. The van der Waals surface area contributed by atoms with E-state index in [1.54, 1.807) is 7.11 Å². The maximum atomic E-state index is 5.57. The van der Waals surface area contributed by atoms with Crippen molar-refractivity contribution in [3.05, 3.63) is 23.8 Å². The molecule has 0 aromatic heterocycles. The lowest BCUT2D eigenvalue weighted by Gasteiger charge is -2.14. The van der Waals surface area contributed by atoms with Crippen LogP contribution < -0.4 is 14.8 Å². The summed E-state index contributed by atoms with van der Waals surface area (Å²) in [6, 6.07) is 6.35. The highest BCUT2D eigenvalue weighted by Crippen LogP contribution is 2.24. The monoisotopic (exact) mass is 223 g/mol. The first kappa shape index (κ1) is 12.8. The summed E-state index contributed by atoms with van der Waals surface area (Å²) in [5, 5.41) is 3.38. The molecule has 0 aliphatic carbocycles. The first-order valence-corrected chi connectivity index (χ1v) is 5.70. The third-order valence-electron chi connectivity index (χ3n) is 2.27. The fourth-order valence-electron chi connectivity index (χ4n) is 1.43. The Balaban J connectivity index is 2.82. The fourth-order valence-corrected chi connectivity index (χ4v) is 1.43. The molecule has 0 fully saturated rings. The molecule has 3 nitrogen and oxygen atoms in total. The van der Waals surface area contributed by atoms with Gasteiger partial charge in [-0.2, -0.15) is 0 Å². The summed E-state index contributed by atoms with van der Waals surface area (Å²) in [5.41, 5.74) is 1.13. The lowest BCUT2D eigenvalue weighted by Crippen LogP contribution is -2.22. The molecule has 1 aromatic rings. The lowest BCUT2D eigenvalue weighted by molar-refractivity contribution is 0.333. The third-order valence-corrected chi connectivity index (χ3v) is 2.27. The van der Waals surface area contributed by atoms with Crippen LogP contribution in [0.2, 0.25) is 0 Å². The van der Waals surface area contributed by atoms with Crippen LogP contribution in [0.1, 0.15) is 26.3 Å². The molecule has 90 valence electrons. The van der Waals surface area contributed by atoms with Crippen LogP contribution in [-0.4, -0.2) is 19.8 Å². The van der Waals surface area contributed by atoms with Crippen LogP contribution >= 0.6 is 0 Å². The minimum atomic E-state index is 0.459. The number of rotatable bonds is 6. The van der Waals surface area contributed by atoms with E-state index in [4.69, 9.17) is 9.47 Å². The van der Waals surface area contributed by atoms with Gasteiger partial charge in [-0.15, -0.1) is 0 Å². The first-order valence-electron chi connectivity index (χ1n) is 5.70. The van der Waals surface area contributed by atoms with E-state index in [9.17, 15) is 0 Å². The lowest BCUT2D eigenvalue weighted by atomic mass is 10.1. The standard InChI is InChI=1S/C13H21NO2/c1-5-16-13-7-6-12(15-4)8-11(13)9-14-10(2)3/h6-8,10,14H,5,9H2,1-4H3. The normalized spacial score (nSPS) is 10.6. The number of methoxy groups -OCH3 is 1. The van der Waals surface area contributed by atoms with Crippen molar-refractivity contribution in [2.75, 3.05) is 13.7 Å². The van der Waals surface area contributed by atoms with Crippen LogP contribution in [0.15, 0.2) is 18.2 Å². The van der Waals surface area contributed by atoms with Crippen LogP contribution in [0.3, 0.4) is 0 Å². The van der Waals surface area contributed by atoms with Crippen molar-refractivity contribution in [2.24, 2.45) is 0 Å². The fraction of sp³-hybridized carbons (Fsp3) is 0.538. The Hall–Kier alpha value is -1.22. The summed E-state index contributed by atoms with van der Waals surface area (Å²) in [4.78, 5) is 0. The van der Waals surface area contributed by atoms with Crippen molar-refractivity contribution in [3.8, 4) is 11.5 Å². The molecule has 0 aliphatic heterocycles. The van der Waals surface area contributed by atoms with Crippen LogP contribution in [0.4, 0.5) is 0 Å². The van der Waals surface area contributed by atoms with Gasteiger partial charge in [0, 0.05) is 18.2 Å². The van der Waals surface area contributed by atoms with E-state index in [0.29, 0.717) is 12.6 Å². The number of benzene rings is 1. The zero-order valence-electron chi connectivity index (χ0n) is 10.5. The summed E-state index contributed by atoms with van der Waals surface area (Å²) < 4.78 is 10.8. The average Bonchev–Trinajstić information content (AvgIpc) is 2.28. The van der Waals surface area contributed by atoms with Crippen LogP contribution in [0.25, 0.3) is 0 Å². The van der Waals surface area contributed by atoms with E-state index in [-0.39, 0.29) is 0 Å². The Morgan fingerprint density at radius 2 is 2.06 bits per heavy atom. The van der Waals surface area contributed by atoms with Crippen molar-refractivity contribution in [2.45, 2.75) is 33.4 Å². The van der Waals surface area contributed by atoms with Gasteiger partial charge in [-0.25, -0.2) is 0 Å². The van der Waals surface area contributed by atoms with E-state index < -0.39 is 0 Å². The highest BCUT2D eigenvalue weighted by Gasteiger charge is 2.05. The SMILES string of the molecule is CCOc1ccc(OC)cc1CNC(C)C. The Labute approximate surface area is 97.8 Å². The highest BCUT2D eigenvalue weighted by atomic mass is 16.5. The molecule has 0 radical (unpaired) electrons. The third kappa shape index (κ3) is 3.74. The van der Waals surface area contributed by atoms with Gasteiger partial charge in [0.2, 0.25) is 0 Å². The maximum absolute atomic E-state index is 5.57. The van der Waals surface area contributed by atoms with Crippen molar-refractivity contribution >= 4 is 0 Å². The highest BCUT2D eigenvalue weighted by molar-refractivity contribution is 5.40. The quantitative estimate of drug-likeness (QED) is 0.804. The minimum Gasteiger partial charge on any atom is -0.497 e. The zero-order valence-corrected chi connectivity index (χ0v) is 10.5. The zero-order chi connectivity index (χ0) is 12.0. The summed E-state index contributed by atoms with van der Waals surface area (Å²) in [5.74, 6) is 1.79. The Bertz CT molecular complexity index is 324. The van der Waals surface area contributed by atoms with Crippen molar-refractivity contribution in [1.29, 1.82) is 0 Å². The second-order valence-electron chi connectivity index (χ2n) is 3.94. The van der Waals surface area contributed by atoms with Crippen LogP contribution in [-0.2, 0) is 6.54 Å². The van der Waals surface area contributed by atoms with E-state index in [1.807, 2.05) is 25.1 Å². The Morgan fingerprint density at radius 3 is 2.62 bits per heavy atom. The van der Waals surface area contributed by atoms with Crippen molar-refractivity contribution in [1.82, 2.24) is 5.32 Å². The van der Waals surface area contributed by atoms with Gasteiger partial charge >= 0.3 is 0 Å². The molecule has 0 bridgehead atoms. The molecular formula is C13H21NO2. The molecule has 0 amide bonds. The van der Waals surface area contributed by atoms with E-state index >= 15 is 0 Å². The van der Waals surface area contributed by atoms with Gasteiger partial charge in [0.25, 0.3) is 0 Å². The molecular weight excluding hydrogens is 202 g/mol. The van der Waals surface area contributed by atoms with Crippen molar-refractivity contribution < 1.29 is 9.47 Å². The molecule has 0 aliphatic rings. The van der Waals surface area contributed by atoms with E-state index in [2.05, 4.69) is 19.2 Å². The van der Waals surface area contributed by atoms with Crippen LogP contribution in [0.5, 0.6) is 11.5 Å². The summed E-state index contributed by atoms with van der Waals surface area (Å²) >= 11 is 0. The Morgan fingerprint density at radius 1 is 1.31 bits per heavy atom. The molecule has 3 heteroatoms. The van der Waals surface area contributed by atoms with Gasteiger partial charge in [-0.05, 0) is 25.1 Å². The second kappa shape index (κ2) is 6.38. The summed E-state index contributed by atoms with van der Waals surface area (Å²) in [7, 11) is 1.68. The minimum absolute atomic E-state index is 0.459. The van der Waals surface area contributed by atoms with Gasteiger partial charge in [0.05, 0.1) is 13.7 Å². The largest absolute Gasteiger partial charge is 0.497 e. The van der Waals surface area contributed by atoms with Gasteiger partial charge in [-0.3, -0.25) is 0 Å². The molecule has 1 aromatic carbocycles. The Kier molecular flexibility index (Phi) is 5.12. The van der Waals surface area contributed by atoms with E-state index in [0.717, 1.165) is 23.6 Å². The first-order chi connectivity index (χ1) is 7.67. The molecule has 16 heavy (non-hydrogen) atoms. The summed E-state index contributed by atoms with van der Waals surface area (Å²) in [6.45, 7) is 7.72. The van der Waals surface area contributed by atoms with Crippen molar-refractivity contribution in [3.63, 3.8) is 0 Å². The number of ether oxygens (including phenoxy) is 2. The second-order valence-corrected chi connectivity index (χ2v) is 3.94. The molecule has 0 saturated heterocycles. The van der Waals surface area contributed by atoms with E-state index in [1.165, 1.54) is 0 Å². The average molecular weight is 223 g/mol. The van der Waals surface area contributed by atoms with Gasteiger partial charge in [0.15, 0.2) is 0 Å². The molecule has 0 atom stereocenters. The molecule has 1 N–H and O–H groups in total. The smallest absolute Gasteiger partial charge is 0.124 e. The topological polar surface area (TPSA) is 30.5 Å². The maximum Gasteiger partial charge on any atom is 0.124 e. The number of nitrogens with one attached hydrogen (secondary N) is 1. The van der Waals surface area contributed by atoms with Crippen LogP contribution in [0, 0.1) is 0 Å².